The van der Waals surface area contributed by atoms with Crippen LogP contribution in [0.1, 0.15) is 15.2 Å². The number of nitrogens with zero attached hydrogens (tertiary/aromatic N) is 1. The van der Waals surface area contributed by atoms with Crippen LogP contribution in [0.3, 0.4) is 0 Å². The average Bonchev–Trinajstić information content (AvgIpc) is 2.98. The van der Waals surface area contributed by atoms with E-state index in [1.54, 1.807) is 0 Å². The molecule has 1 saturated heterocycles. The number of nitrogens with one attached hydrogen (secondary N) is 1. The zero-order valence-electron chi connectivity index (χ0n) is 7.63. The average molecular weight is 300 g/mol. The van der Waals surface area contributed by atoms with Gasteiger partial charge in [0.2, 0.25) is 0 Å². The molecule has 0 aliphatic carbocycles. The Balaban J connectivity index is 2.18. The number of hydrogen-bond donors (Lipinski definition) is 2. The summed E-state index contributed by atoms with van der Waals surface area (Å²) in [6.45, 7) is 0.541. The number of halogens is 1. The number of nitrogens with two attached hydrogens (primary N) is 1. The van der Waals surface area contributed by atoms with Gasteiger partial charge in [0, 0.05) is 0 Å². The van der Waals surface area contributed by atoms with E-state index in [1.807, 2.05) is 0 Å². The van der Waals surface area contributed by atoms with Crippen LogP contribution in [-0.2, 0) is 6.54 Å². The van der Waals surface area contributed by atoms with Gasteiger partial charge in [-0.15, -0.1) is 0 Å². The molecule has 0 radical (unpaired) electrons. The fourth-order valence-corrected chi connectivity index (χ4v) is 3.31. The maximum absolute atomic E-state index is 5.64. The minimum absolute atomic E-state index is 0.477. The Kier molecular flexibility index (Phi) is 1.98. The van der Waals surface area contributed by atoms with Gasteiger partial charge in [0.25, 0.3) is 0 Å². The summed E-state index contributed by atoms with van der Waals surface area (Å²) in [6.07, 6.45) is 0. The Labute approximate surface area is 92.3 Å². The summed E-state index contributed by atoms with van der Waals surface area (Å²) in [6, 6.07) is 6.57. The zero-order valence-corrected chi connectivity index (χ0v) is 9.78. The summed E-state index contributed by atoms with van der Waals surface area (Å²) in [4.78, 5) is 0. The van der Waals surface area contributed by atoms with Gasteiger partial charge in [-0.1, -0.05) is 0 Å². The van der Waals surface area contributed by atoms with E-state index in [2.05, 4.69) is 28.4 Å². The van der Waals surface area contributed by atoms with Crippen molar-refractivity contribution in [3.63, 3.8) is 0 Å². The topological polar surface area (TPSA) is 54.7 Å². The zero-order chi connectivity index (χ0) is 9.54. The van der Waals surface area contributed by atoms with Crippen LogP contribution in [0.15, 0.2) is 18.2 Å². The van der Waals surface area contributed by atoms with Crippen LogP contribution >= 0.6 is 0 Å². The first-order valence-corrected chi connectivity index (χ1v) is 7.40. The van der Waals surface area contributed by atoms with E-state index >= 15 is 0 Å². The molecule has 74 valence electrons. The fraction of sp³-hybridized carbons (Fsp3) is 0.300. The Morgan fingerprint density at radius 2 is 2.43 bits per heavy atom. The van der Waals surface area contributed by atoms with Crippen molar-refractivity contribution in [3.05, 3.63) is 29.5 Å². The standard InChI is InChI=1S/C10H11IN3/c12-5-10-7-3-6(8-4-11-8)1-2-9(7)13-14-10/h1-3,8H,4-5,12H2,(H,13,14)/q-1. The molecule has 3 rings (SSSR count). The van der Waals surface area contributed by atoms with Gasteiger partial charge in [-0.05, 0) is 0 Å². The van der Waals surface area contributed by atoms with Crippen molar-refractivity contribution in [1.82, 2.24) is 10.2 Å². The van der Waals surface area contributed by atoms with Crippen LogP contribution in [0.4, 0.5) is 0 Å². The van der Waals surface area contributed by atoms with Crippen LogP contribution in [0, 0.1) is 0 Å². The van der Waals surface area contributed by atoms with Gasteiger partial charge in [-0.25, -0.2) is 0 Å². The van der Waals surface area contributed by atoms with Gasteiger partial charge in [0.1, 0.15) is 0 Å². The quantitative estimate of drug-likeness (QED) is 0.506. The molecule has 1 aromatic carbocycles. The molecule has 4 heteroatoms. The molecule has 0 saturated carbocycles. The van der Waals surface area contributed by atoms with Gasteiger partial charge in [0.15, 0.2) is 0 Å². The minimum atomic E-state index is 0.477. The molecule has 2 heterocycles. The third-order valence-corrected chi connectivity index (χ3v) is 5.01. The van der Waals surface area contributed by atoms with Crippen LogP contribution in [-0.4, -0.2) is 14.6 Å². The monoisotopic (exact) mass is 300 g/mol. The Morgan fingerprint density at radius 3 is 3.14 bits per heavy atom. The van der Waals surface area contributed by atoms with E-state index in [1.165, 1.54) is 15.4 Å². The van der Waals surface area contributed by atoms with Crippen molar-refractivity contribution in [2.24, 2.45) is 5.73 Å². The predicted octanol–water partition coefficient (Wildman–Crippen LogP) is -1.83. The summed E-state index contributed by atoms with van der Waals surface area (Å²) in [5.74, 6) is 0. The molecular weight excluding hydrogens is 289 g/mol. The molecule has 2 aromatic rings. The number of alkyl halides is 2. The first-order chi connectivity index (χ1) is 6.88. The Hall–Kier alpha value is -0.620. The van der Waals surface area contributed by atoms with Crippen LogP contribution < -0.4 is 26.9 Å². The van der Waals surface area contributed by atoms with Crippen molar-refractivity contribution in [2.75, 3.05) is 4.43 Å². The molecule has 3 nitrogen and oxygen atoms in total. The van der Waals surface area contributed by atoms with Gasteiger partial charge >= 0.3 is 92.4 Å². The second-order valence-electron chi connectivity index (χ2n) is 3.46. The van der Waals surface area contributed by atoms with Crippen molar-refractivity contribution >= 4 is 10.9 Å². The predicted molar refractivity (Wildman–Crippen MR) is 51.6 cm³/mol. The van der Waals surface area contributed by atoms with E-state index in [-0.39, 0.29) is 0 Å². The van der Waals surface area contributed by atoms with Crippen molar-refractivity contribution in [1.29, 1.82) is 0 Å². The number of H-pyrrole nitrogens is 1. The molecule has 0 bridgehead atoms. The van der Waals surface area contributed by atoms with Gasteiger partial charge in [-0.2, -0.15) is 0 Å². The maximum atomic E-state index is 5.64. The van der Waals surface area contributed by atoms with E-state index in [0.717, 1.165) is 15.1 Å². The molecule has 3 N–H and O–H groups in total. The molecule has 14 heavy (non-hydrogen) atoms. The second-order valence-corrected chi connectivity index (χ2v) is 6.72. The molecule has 1 fully saturated rings. The van der Waals surface area contributed by atoms with Crippen molar-refractivity contribution in [3.8, 4) is 0 Å². The summed E-state index contributed by atoms with van der Waals surface area (Å²) in [5, 5.41) is 8.41. The molecule has 1 aromatic heterocycles. The third kappa shape index (κ3) is 1.33. The SMILES string of the molecule is NCc1[nH]nc2ccc(C3C[I-]3)cc12. The first-order valence-electron chi connectivity index (χ1n) is 4.63. The van der Waals surface area contributed by atoms with Gasteiger partial charge in [0.05, 0.1) is 0 Å². The molecule has 0 amide bonds. The number of benzene rings is 1. The summed E-state index contributed by atoms with van der Waals surface area (Å²) in [5.41, 5.74) is 9.22. The Bertz CT molecular complexity index is 473. The van der Waals surface area contributed by atoms with Crippen molar-refractivity contribution < 1.29 is 21.2 Å². The van der Waals surface area contributed by atoms with Gasteiger partial charge in [-0.3, -0.25) is 0 Å². The third-order valence-electron chi connectivity index (χ3n) is 2.53. The molecule has 1 atom stereocenters. The number of hydrogen-bond acceptors (Lipinski definition) is 2. The molecule has 1 aliphatic rings. The van der Waals surface area contributed by atoms with Crippen LogP contribution in [0.2, 0.25) is 0 Å². The molecule has 1 unspecified atom stereocenters. The summed E-state index contributed by atoms with van der Waals surface area (Å²) < 4.78 is 2.35. The van der Waals surface area contributed by atoms with E-state index in [4.69, 9.17) is 5.73 Å². The number of aromatic nitrogens is 2. The first kappa shape index (κ1) is 8.67. The number of aromatic amines is 1. The van der Waals surface area contributed by atoms with Crippen LogP contribution in [0.5, 0.6) is 0 Å². The fourth-order valence-electron chi connectivity index (χ4n) is 1.65. The van der Waals surface area contributed by atoms with Crippen molar-refractivity contribution in [2.45, 2.75) is 10.5 Å². The molecular formula is C10H11IN3-. The van der Waals surface area contributed by atoms with E-state index in [9.17, 15) is 0 Å². The molecule has 0 spiro atoms. The normalized spacial score (nSPS) is 20.8. The summed E-state index contributed by atoms with van der Waals surface area (Å²) in [7, 11) is 0. The van der Waals surface area contributed by atoms with Gasteiger partial charge < -0.3 is 0 Å². The summed E-state index contributed by atoms with van der Waals surface area (Å²) >= 11 is 0.477. The van der Waals surface area contributed by atoms with E-state index in [0.29, 0.717) is 27.7 Å². The second kappa shape index (κ2) is 3.20. The van der Waals surface area contributed by atoms with E-state index < -0.39 is 0 Å². The van der Waals surface area contributed by atoms with Crippen LogP contribution in [0.25, 0.3) is 10.9 Å². The molecule has 1 aliphatic heterocycles. The Morgan fingerprint density at radius 1 is 1.57 bits per heavy atom. The number of rotatable bonds is 2. The number of fused-ring (bicyclic) bond motifs is 1.